The van der Waals surface area contributed by atoms with E-state index in [1.54, 1.807) is 34.6 Å². The van der Waals surface area contributed by atoms with Gasteiger partial charge < -0.3 is 25.2 Å². The van der Waals surface area contributed by atoms with Crippen LogP contribution < -0.4 is 10.6 Å². The Morgan fingerprint density at radius 3 is 2.08 bits per heavy atom. The van der Waals surface area contributed by atoms with Crippen LogP contribution in [0, 0.1) is 0 Å². The standard InChI is InChI=1S/C18H36N4O3/c1-7-21-11-13-22(14-12-21)10-8-9-19-15(23)18(5,6)20-16(24)25-17(2,3)4/h7-14H2,1-6H3,(H,19,23)(H,20,24). The largest absolute Gasteiger partial charge is 0.444 e. The zero-order valence-corrected chi connectivity index (χ0v) is 16.8. The quantitative estimate of drug-likeness (QED) is 0.675. The molecule has 1 fully saturated rings. The third-order valence-electron chi connectivity index (χ3n) is 4.23. The molecule has 146 valence electrons. The van der Waals surface area contributed by atoms with Crippen molar-refractivity contribution < 1.29 is 14.3 Å². The molecule has 1 saturated heterocycles. The van der Waals surface area contributed by atoms with Crippen LogP contribution in [0.2, 0.25) is 0 Å². The maximum absolute atomic E-state index is 12.3. The number of nitrogens with zero attached hydrogens (tertiary/aromatic N) is 2. The summed E-state index contributed by atoms with van der Waals surface area (Å²) in [6, 6.07) is 0. The zero-order valence-electron chi connectivity index (χ0n) is 16.8. The fourth-order valence-corrected chi connectivity index (χ4v) is 2.67. The first-order valence-electron chi connectivity index (χ1n) is 9.27. The molecule has 0 bridgehead atoms. The summed E-state index contributed by atoms with van der Waals surface area (Å²) in [6.45, 7) is 18.0. The third-order valence-corrected chi connectivity index (χ3v) is 4.23. The number of likely N-dealkylation sites (N-methyl/N-ethyl adjacent to an activating group) is 1. The smallest absolute Gasteiger partial charge is 0.408 e. The summed E-state index contributed by atoms with van der Waals surface area (Å²) in [5.41, 5.74) is -1.59. The van der Waals surface area contributed by atoms with E-state index < -0.39 is 17.2 Å². The number of rotatable bonds is 7. The molecule has 25 heavy (non-hydrogen) atoms. The highest BCUT2D eigenvalue weighted by Crippen LogP contribution is 2.09. The van der Waals surface area contributed by atoms with Crippen molar-refractivity contribution in [3.05, 3.63) is 0 Å². The Labute approximate surface area is 152 Å². The normalized spacial score (nSPS) is 17.2. The minimum atomic E-state index is -1.00. The molecular weight excluding hydrogens is 320 g/mol. The number of hydrogen-bond donors (Lipinski definition) is 2. The van der Waals surface area contributed by atoms with E-state index in [4.69, 9.17) is 4.74 Å². The number of carbonyl (C=O) groups excluding carboxylic acids is 2. The molecule has 0 aromatic rings. The van der Waals surface area contributed by atoms with E-state index in [0.29, 0.717) is 6.54 Å². The molecule has 2 N–H and O–H groups in total. The van der Waals surface area contributed by atoms with Crippen molar-refractivity contribution in [3.63, 3.8) is 0 Å². The molecule has 0 spiro atoms. The van der Waals surface area contributed by atoms with E-state index in [1.165, 1.54) is 0 Å². The Bertz CT molecular complexity index is 438. The van der Waals surface area contributed by atoms with Gasteiger partial charge in [-0.05, 0) is 54.1 Å². The van der Waals surface area contributed by atoms with Crippen LogP contribution in [0.3, 0.4) is 0 Å². The number of ether oxygens (including phenoxy) is 1. The van der Waals surface area contributed by atoms with E-state index in [0.717, 1.165) is 45.7 Å². The second-order valence-corrected chi connectivity index (χ2v) is 8.14. The van der Waals surface area contributed by atoms with Gasteiger partial charge in [-0.1, -0.05) is 6.92 Å². The second kappa shape index (κ2) is 9.38. The fraction of sp³-hybridized carbons (Fsp3) is 0.889. The molecule has 2 amide bonds. The van der Waals surface area contributed by atoms with Crippen LogP contribution in [0.1, 0.15) is 48.0 Å². The lowest BCUT2D eigenvalue weighted by atomic mass is 10.1. The summed E-state index contributed by atoms with van der Waals surface area (Å²) < 4.78 is 5.21. The first-order chi connectivity index (χ1) is 11.5. The molecule has 0 atom stereocenters. The van der Waals surface area contributed by atoms with Gasteiger partial charge in [-0.15, -0.1) is 0 Å². The average Bonchev–Trinajstić information content (AvgIpc) is 2.49. The van der Waals surface area contributed by atoms with Crippen molar-refractivity contribution in [1.82, 2.24) is 20.4 Å². The Balaban J connectivity index is 2.25. The SMILES string of the molecule is CCN1CCN(CCCNC(=O)C(C)(C)NC(=O)OC(C)(C)C)CC1. The molecule has 0 unspecified atom stereocenters. The van der Waals surface area contributed by atoms with E-state index in [-0.39, 0.29) is 5.91 Å². The zero-order chi connectivity index (χ0) is 19.1. The van der Waals surface area contributed by atoms with Gasteiger partial charge in [0.15, 0.2) is 0 Å². The minimum absolute atomic E-state index is 0.200. The number of hydrogen-bond acceptors (Lipinski definition) is 5. The van der Waals surface area contributed by atoms with Crippen LogP contribution in [-0.2, 0) is 9.53 Å². The molecule has 1 rings (SSSR count). The van der Waals surface area contributed by atoms with Crippen LogP contribution in [0.25, 0.3) is 0 Å². The lowest BCUT2D eigenvalue weighted by Gasteiger charge is -2.34. The predicted molar refractivity (Wildman–Crippen MR) is 99.6 cm³/mol. The van der Waals surface area contributed by atoms with Crippen LogP contribution in [0.15, 0.2) is 0 Å². The Morgan fingerprint density at radius 1 is 1.00 bits per heavy atom. The number of nitrogens with one attached hydrogen (secondary N) is 2. The van der Waals surface area contributed by atoms with Crippen LogP contribution in [-0.4, -0.2) is 78.8 Å². The summed E-state index contributed by atoms with van der Waals surface area (Å²) in [5, 5.41) is 5.53. The third kappa shape index (κ3) is 8.54. The maximum Gasteiger partial charge on any atom is 0.408 e. The van der Waals surface area contributed by atoms with E-state index in [9.17, 15) is 9.59 Å². The van der Waals surface area contributed by atoms with Gasteiger partial charge >= 0.3 is 6.09 Å². The van der Waals surface area contributed by atoms with Gasteiger partial charge in [0.25, 0.3) is 0 Å². The van der Waals surface area contributed by atoms with E-state index >= 15 is 0 Å². The molecule has 0 aromatic carbocycles. The maximum atomic E-state index is 12.3. The highest BCUT2D eigenvalue weighted by Gasteiger charge is 2.31. The Hall–Kier alpha value is -1.34. The molecule has 7 nitrogen and oxygen atoms in total. The lowest BCUT2D eigenvalue weighted by molar-refractivity contribution is -0.126. The summed E-state index contributed by atoms with van der Waals surface area (Å²) in [7, 11) is 0. The van der Waals surface area contributed by atoms with Gasteiger partial charge in [0.1, 0.15) is 11.1 Å². The van der Waals surface area contributed by atoms with Gasteiger partial charge in [0, 0.05) is 32.7 Å². The topological polar surface area (TPSA) is 73.9 Å². The molecule has 1 aliphatic rings. The van der Waals surface area contributed by atoms with Crippen LogP contribution in [0.5, 0.6) is 0 Å². The molecule has 0 saturated carbocycles. The molecule has 0 radical (unpaired) electrons. The van der Waals surface area contributed by atoms with E-state index in [2.05, 4.69) is 27.4 Å². The highest BCUT2D eigenvalue weighted by molar-refractivity contribution is 5.89. The van der Waals surface area contributed by atoms with Crippen molar-refractivity contribution >= 4 is 12.0 Å². The second-order valence-electron chi connectivity index (χ2n) is 8.14. The Kier molecular flexibility index (Phi) is 8.15. The van der Waals surface area contributed by atoms with Gasteiger partial charge in [0.2, 0.25) is 5.91 Å². The van der Waals surface area contributed by atoms with Gasteiger partial charge in [-0.3, -0.25) is 4.79 Å². The Morgan fingerprint density at radius 2 is 1.56 bits per heavy atom. The molecule has 0 aliphatic carbocycles. The molecule has 1 heterocycles. The monoisotopic (exact) mass is 356 g/mol. The van der Waals surface area contributed by atoms with Crippen molar-refractivity contribution in [2.45, 2.75) is 59.1 Å². The predicted octanol–water partition coefficient (Wildman–Crippen LogP) is 1.43. The number of carbonyl (C=O) groups is 2. The van der Waals surface area contributed by atoms with Crippen LogP contribution in [0.4, 0.5) is 4.79 Å². The van der Waals surface area contributed by atoms with Gasteiger partial charge in [-0.2, -0.15) is 0 Å². The lowest BCUT2D eigenvalue weighted by Crippen LogP contribution is -2.55. The average molecular weight is 357 g/mol. The molecule has 1 aliphatic heterocycles. The summed E-state index contributed by atoms with van der Waals surface area (Å²) in [4.78, 5) is 29.0. The fourth-order valence-electron chi connectivity index (χ4n) is 2.67. The number of alkyl carbamates (subject to hydrolysis) is 1. The summed E-state index contributed by atoms with van der Waals surface area (Å²) in [5.74, 6) is -0.200. The van der Waals surface area contributed by atoms with Crippen molar-refractivity contribution in [1.29, 1.82) is 0 Å². The summed E-state index contributed by atoms with van der Waals surface area (Å²) >= 11 is 0. The minimum Gasteiger partial charge on any atom is -0.444 e. The van der Waals surface area contributed by atoms with Crippen molar-refractivity contribution in [3.8, 4) is 0 Å². The first-order valence-corrected chi connectivity index (χ1v) is 9.27. The number of amides is 2. The van der Waals surface area contributed by atoms with Crippen LogP contribution >= 0.6 is 0 Å². The first kappa shape index (κ1) is 21.7. The van der Waals surface area contributed by atoms with Gasteiger partial charge in [-0.25, -0.2) is 4.79 Å². The van der Waals surface area contributed by atoms with E-state index in [1.807, 2.05) is 0 Å². The molecular formula is C18H36N4O3. The van der Waals surface area contributed by atoms with Gasteiger partial charge in [0.05, 0.1) is 0 Å². The molecule has 7 heteroatoms. The van der Waals surface area contributed by atoms with Crippen molar-refractivity contribution in [2.24, 2.45) is 0 Å². The van der Waals surface area contributed by atoms with Crippen molar-refractivity contribution in [2.75, 3.05) is 45.8 Å². The number of piperazine rings is 1. The summed E-state index contributed by atoms with van der Waals surface area (Å²) in [6.07, 6.45) is 0.321. The highest BCUT2D eigenvalue weighted by atomic mass is 16.6. The molecule has 0 aromatic heterocycles.